The zero-order valence-corrected chi connectivity index (χ0v) is 15.9. The molecule has 4 nitrogen and oxygen atoms in total. The molecule has 0 fully saturated rings. The Morgan fingerprint density at radius 1 is 1.00 bits per heavy atom. The molecule has 0 aliphatic carbocycles. The number of rotatable bonds is 1. The predicted octanol–water partition coefficient (Wildman–Crippen LogP) is 3.57. The standard InChI is InChI=1S/C4H11N.C4H8O2.C4H10O.C3H8S/c1-4(2,3)5;1-3(2)4(5)6;1-4(2,3)5;1-3(2)4/h5H2,1-3H3;3H,1-2H3,(H,5,6);5H,1-3H3;3-4H,1-2H3. The van der Waals surface area contributed by atoms with Gasteiger partial charge in [0.1, 0.15) is 0 Å². The van der Waals surface area contributed by atoms with Crippen LogP contribution in [-0.2, 0) is 4.79 Å². The lowest BCUT2D eigenvalue weighted by Crippen LogP contribution is -2.26. The number of aliphatic carboxylic acids is 1. The van der Waals surface area contributed by atoms with Gasteiger partial charge < -0.3 is 15.9 Å². The zero-order chi connectivity index (χ0) is 17.7. The first-order valence-corrected chi connectivity index (χ1v) is 7.31. The average Bonchev–Trinajstić information content (AvgIpc) is 1.94. The molecule has 20 heavy (non-hydrogen) atoms. The van der Waals surface area contributed by atoms with Gasteiger partial charge >= 0.3 is 5.97 Å². The average molecular weight is 312 g/mol. The summed E-state index contributed by atoms with van der Waals surface area (Å²) in [5.41, 5.74) is 4.85. The molecule has 0 saturated carbocycles. The van der Waals surface area contributed by atoms with Crippen molar-refractivity contribution in [3.63, 3.8) is 0 Å². The van der Waals surface area contributed by atoms with Crippen molar-refractivity contribution in [2.24, 2.45) is 11.7 Å². The van der Waals surface area contributed by atoms with E-state index in [0.29, 0.717) is 5.25 Å². The van der Waals surface area contributed by atoms with Crippen molar-refractivity contribution < 1.29 is 15.0 Å². The highest BCUT2D eigenvalue weighted by Crippen LogP contribution is 1.93. The Hall–Kier alpha value is -0.260. The number of nitrogens with two attached hydrogens (primary N) is 1. The number of aliphatic hydroxyl groups is 1. The largest absolute Gasteiger partial charge is 0.481 e. The second-order valence-electron chi connectivity index (χ2n) is 7.12. The fraction of sp³-hybridized carbons (Fsp3) is 0.933. The molecule has 0 aromatic rings. The molecule has 0 amide bonds. The summed E-state index contributed by atoms with van der Waals surface area (Å²) in [6.45, 7) is 18.5. The Morgan fingerprint density at radius 2 is 1.05 bits per heavy atom. The molecule has 0 aromatic carbocycles. The third kappa shape index (κ3) is 355. The maximum absolute atomic E-state index is 9.70. The highest BCUT2D eigenvalue weighted by molar-refractivity contribution is 7.80. The van der Waals surface area contributed by atoms with Crippen LogP contribution in [0.1, 0.15) is 69.2 Å². The molecule has 0 spiro atoms. The van der Waals surface area contributed by atoms with Crippen LogP contribution >= 0.6 is 12.6 Å². The summed E-state index contributed by atoms with van der Waals surface area (Å²) in [6.07, 6.45) is 0. The van der Waals surface area contributed by atoms with Crippen LogP contribution in [0.3, 0.4) is 0 Å². The summed E-state index contributed by atoms with van der Waals surface area (Å²) in [7, 11) is 0. The second kappa shape index (κ2) is 13.7. The van der Waals surface area contributed by atoms with E-state index in [9.17, 15) is 4.79 Å². The van der Waals surface area contributed by atoms with Gasteiger partial charge in [-0.25, -0.2) is 0 Å². The first kappa shape index (κ1) is 28.0. The van der Waals surface area contributed by atoms with E-state index in [1.165, 1.54) is 0 Å². The summed E-state index contributed by atoms with van der Waals surface area (Å²) in [4.78, 5) is 9.70. The minimum Gasteiger partial charge on any atom is -0.481 e. The quantitative estimate of drug-likeness (QED) is 0.558. The molecule has 4 N–H and O–H groups in total. The number of carboxylic acids is 1. The Labute approximate surface area is 131 Å². The molecule has 0 bridgehead atoms. The fourth-order valence-corrected chi connectivity index (χ4v) is 0. The van der Waals surface area contributed by atoms with Gasteiger partial charge in [0, 0.05) is 5.54 Å². The minimum absolute atomic E-state index is 0. The molecule has 0 heterocycles. The third-order valence-corrected chi connectivity index (χ3v) is 0.494. The number of carbonyl (C=O) groups is 1. The van der Waals surface area contributed by atoms with E-state index in [-0.39, 0.29) is 11.5 Å². The summed E-state index contributed by atoms with van der Waals surface area (Å²) in [5.74, 6) is -0.972. The molecule has 0 rings (SSSR count). The Bertz CT molecular complexity index is 189. The van der Waals surface area contributed by atoms with Crippen molar-refractivity contribution in [1.29, 1.82) is 0 Å². The lowest BCUT2D eigenvalue weighted by atomic mass is 10.1. The van der Waals surface area contributed by atoms with E-state index < -0.39 is 11.6 Å². The first-order chi connectivity index (χ1) is 8.37. The zero-order valence-electron chi connectivity index (χ0n) is 15.0. The van der Waals surface area contributed by atoms with Crippen LogP contribution in [0.25, 0.3) is 0 Å². The molecule has 0 unspecified atom stereocenters. The number of hydrogen-bond donors (Lipinski definition) is 4. The minimum atomic E-state index is -0.741. The van der Waals surface area contributed by atoms with Crippen molar-refractivity contribution in [1.82, 2.24) is 0 Å². The molecular weight excluding hydrogens is 274 g/mol. The van der Waals surface area contributed by atoms with Crippen molar-refractivity contribution >= 4 is 18.6 Å². The Morgan fingerprint density at radius 3 is 1.05 bits per heavy atom. The smallest absolute Gasteiger partial charge is 0.305 e. The van der Waals surface area contributed by atoms with Crippen LogP contribution in [0, 0.1) is 5.92 Å². The topological polar surface area (TPSA) is 83.5 Å². The van der Waals surface area contributed by atoms with Gasteiger partial charge in [-0.05, 0) is 46.8 Å². The van der Waals surface area contributed by atoms with Crippen molar-refractivity contribution in [3.8, 4) is 0 Å². The van der Waals surface area contributed by atoms with Gasteiger partial charge in [-0.1, -0.05) is 27.7 Å². The summed E-state index contributed by atoms with van der Waals surface area (Å²) < 4.78 is 0. The van der Waals surface area contributed by atoms with Gasteiger partial charge in [-0.15, -0.1) is 0 Å². The summed E-state index contributed by atoms with van der Waals surface area (Å²) >= 11 is 3.97. The molecule has 0 atom stereocenters. The SMILES string of the molecule is CC(C)(C)N.CC(C)(C)O.CC(C)C(=O)O.CC(C)S. The first-order valence-electron chi connectivity index (χ1n) is 6.80. The van der Waals surface area contributed by atoms with E-state index in [1.807, 2.05) is 34.6 Å². The molecule has 0 aliphatic rings. The lowest BCUT2D eigenvalue weighted by Gasteiger charge is -2.06. The van der Waals surface area contributed by atoms with Crippen LogP contribution < -0.4 is 5.73 Å². The maximum Gasteiger partial charge on any atom is 0.305 e. The number of thiol groups is 1. The van der Waals surface area contributed by atoms with Gasteiger partial charge in [0.25, 0.3) is 0 Å². The van der Waals surface area contributed by atoms with Crippen molar-refractivity contribution in [2.75, 3.05) is 0 Å². The Kier molecular flexibility index (Phi) is 19.2. The molecule has 0 aromatic heterocycles. The normalized spacial score (nSPS) is 10.6. The highest BCUT2D eigenvalue weighted by Gasteiger charge is 1.99. The van der Waals surface area contributed by atoms with E-state index in [1.54, 1.807) is 34.6 Å². The monoisotopic (exact) mass is 311 g/mol. The molecular formula is C15H37NO3S. The molecule has 0 radical (unpaired) electrons. The second-order valence-corrected chi connectivity index (χ2v) is 8.16. The third-order valence-electron chi connectivity index (χ3n) is 0.494. The predicted molar refractivity (Wildman–Crippen MR) is 92.5 cm³/mol. The summed E-state index contributed by atoms with van der Waals surface area (Å²) in [6, 6.07) is 0. The fourth-order valence-electron chi connectivity index (χ4n) is 0. The molecule has 0 aliphatic heterocycles. The number of hydrogen-bond acceptors (Lipinski definition) is 4. The van der Waals surface area contributed by atoms with Crippen LogP contribution in [0.2, 0.25) is 0 Å². The van der Waals surface area contributed by atoms with Crippen LogP contribution in [0.5, 0.6) is 0 Å². The molecule has 0 saturated heterocycles. The van der Waals surface area contributed by atoms with Crippen LogP contribution in [0.15, 0.2) is 0 Å². The summed E-state index contributed by atoms with van der Waals surface area (Å²) in [5, 5.41) is 17.0. The van der Waals surface area contributed by atoms with Gasteiger partial charge in [0.2, 0.25) is 0 Å². The maximum atomic E-state index is 9.70. The molecule has 5 heteroatoms. The van der Waals surface area contributed by atoms with Crippen LogP contribution in [0.4, 0.5) is 0 Å². The Balaban J connectivity index is -0.0000000862. The van der Waals surface area contributed by atoms with Crippen molar-refractivity contribution in [2.45, 2.75) is 85.6 Å². The van der Waals surface area contributed by atoms with Gasteiger partial charge in [0.15, 0.2) is 0 Å². The van der Waals surface area contributed by atoms with Crippen molar-refractivity contribution in [3.05, 3.63) is 0 Å². The molecule has 126 valence electrons. The highest BCUT2D eigenvalue weighted by atomic mass is 32.1. The van der Waals surface area contributed by atoms with E-state index in [0.717, 1.165) is 0 Å². The number of carboxylic acid groups (broad SMARTS) is 1. The van der Waals surface area contributed by atoms with E-state index in [4.69, 9.17) is 15.9 Å². The van der Waals surface area contributed by atoms with Gasteiger partial charge in [0.05, 0.1) is 11.5 Å². The van der Waals surface area contributed by atoms with Gasteiger partial charge in [-0.3, -0.25) is 4.79 Å². The van der Waals surface area contributed by atoms with E-state index >= 15 is 0 Å². The lowest BCUT2D eigenvalue weighted by molar-refractivity contribution is -0.140. The van der Waals surface area contributed by atoms with E-state index in [2.05, 4.69) is 12.6 Å². The van der Waals surface area contributed by atoms with Gasteiger partial charge in [-0.2, -0.15) is 12.6 Å². The van der Waals surface area contributed by atoms with Crippen LogP contribution in [-0.4, -0.2) is 32.6 Å².